The number of imidazole rings is 1. The van der Waals surface area contributed by atoms with Crippen LogP contribution < -0.4 is 5.32 Å². The highest BCUT2D eigenvalue weighted by atomic mass is 16.4. The van der Waals surface area contributed by atoms with Crippen LogP contribution in [0.25, 0.3) is 5.65 Å². The normalized spacial score (nSPS) is 24.2. The third kappa shape index (κ3) is 1.84. The van der Waals surface area contributed by atoms with Gasteiger partial charge in [0.25, 0.3) is 0 Å². The fraction of sp³-hybridized carbons (Fsp3) is 0.417. The molecule has 0 amide bonds. The van der Waals surface area contributed by atoms with E-state index in [0.29, 0.717) is 12.8 Å². The van der Waals surface area contributed by atoms with Crippen molar-refractivity contribution in [1.82, 2.24) is 19.7 Å². The molecule has 1 saturated heterocycles. The second-order valence-electron chi connectivity index (χ2n) is 4.55. The van der Waals surface area contributed by atoms with E-state index in [1.165, 1.54) is 0 Å². The maximum absolute atomic E-state index is 11.1. The first-order valence-electron chi connectivity index (χ1n) is 5.99. The molecular weight excluding hydrogens is 232 g/mol. The number of hydrogen-bond donors (Lipinski definition) is 2. The minimum absolute atomic E-state index is 0.0391. The van der Waals surface area contributed by atoms with Gasteiger partial charge in [0.15, 0.2) is 5.65 Å². The summed E-state index contributed by atoms with van der Waals surface area (Å²) in [6, 6.07) is 0.0391. The van der Waals surface area contributed by atoms with Gasteiger partial charge in [-0.05, 0) is 19.4 Å². The van der Waals surface area contributed by atoms with Gasteiger partial charge >= 0.3 is 5.97 Å². The first-order valence-corrected chi connectivity index (χ1v) is 5.99. The van der Waals surface area contributed by atoms with E-state index in [9.17, 15) is 4.79 Å². The molecule has 6 nitrogen and oxygen atoms in total. The Hall–Kier alpha value is -1.95. The van der Waals surface area contributed by atoms with E-state index in [4.69, 9.17) is 5.11 Å². The largest absolute Gasteiger partial charge is 0.481 e. The van der Waals surface area contributed by atoms with Gasteiger partial charge in [-0.1, -0.05) is 0 Å². The Balaban J connectivity index is 1.92. The number of aromatic nitrogens is 3. The van der Waals surface area contributed by atoms with Gasteiger partial charge < -0.3 is 10.4 Å². The minimum Gasteiger partial charge on any atom is -0.481 e. The van der Waals surface area contributed by atoms with Crippen LogP contribution in [0.2, 0.25) is 0 Å². The third-order valence-corrected chi connectivity index (χ3v) is 3.46. The number of nitrogens with zero attached hydrogens (tertiary/aromatic N) is 3. The van der Waals surface area contributed by atoms with Crippen molar-refractivity contribution in [3.63, 3.8) is 0 Å². The molecule has 3 rings (SSSR count). The van der Waals surface area contributed by atoms with E-state index in [2.05, 4.69) is 15.3 Å². The van der Waals surface area contributed by atoms with Crippen LogP contribution in [0.1, 0.15) is 24.6 Å². The van der Waals surface area contributed by atoms with Crippen molar-refractivity contribution in [3.8, 4) is 0 Å². The predicted octanol–water partition coefficient (Wildman–Crippen LogP) is 0.855. The number of carbonyl (C=O) groups is 1. The van der Waals surface area contributed by atoms with Crippen molar-refractivity contribution in [3.05, 3.63) is 30.5 Å². The van der Waals surface area contributed by atoms with Gasteiger partial charge in [0.2, 0.25) is 0 Å². The van der Waals surface area contributed by atoms with E-state index < -0.39 is 5.97 Å². The van der Waals surface area contributed by atoms with Crippen LogP contribution in [0, 0.1) is 5.92 Å². The molecule has 0 spiro atoms. The Morgan fingerprint density at radius 1 is 1.50 bits per heavy atom. The summed E-state index contributed by atoms with van der Waals surface area (Å²) in [5.74, 6) is -0.986. The number of aliphatic carboxylic acids is 1. The van der Waals surface area contributed by atoms with Crippen LogP contribution in [0.4, 0.5) is 0 Å². The van der Waals surface area contributed by atoms with Crippen molar-refractivity contribution in [2.24, 2.45) is 5.92 Å². The number of fused-ring (bicyclic) bond motifs is 1. The fourth-order valence-corrected chi connectivity index (χ4v) is 2.49. The molecule has 0 bridgehead atoms. The first-order chi connectivity index (χ1) is 8.75. The summed E-state index contributed by atoms with van der Waals surface area (Å²) < 4.78 is 1.95. The second kappa shape index (κ2) is 4.38. The number of carboxylic acids is 1. The highest BCUT2D eigenvalue weighted by molar-refractivity contribution is 5.70. The van der Waals surface area contributed by atoms with E-state index in [0.717, 1.165) is 17.9 Å². The molecule has 2 atom stereocenters. The summed E-state index contributed by atoms with van der Waals surface area (Å²) >= 11 is 0. The standard InChI is InChI=1S/C12H14N4O2/c17-12(18)8-1-2-14-9(5-8)10-6-15-11-7-13-3-4-16(10)11/h3-4,6-9,14H,1-2,5H2,(H,17,18). The van der Waals surface area contributed by atoms with Gasteiger partial charge in [-0.15, -0.1) is 0 Å². The van der Waals surface area contributed by atoms with E-state index in [1.54, 1.807) is 18.6 Å². The Morgan fingerprint density at radius 3 is 3.22 bits per heavy atom. The van der Waals surface area contributed by atoms with Crippen molar-refractivity contribution >= 4 is 11.6 Å². The van der Waals surface area contributed by atoms with Gasteiger partial charge in [-0.2, -0.15) is 0 Å². The molecule has 1 fully saturated rings. The van der Waals surface area contributed by atoms with Crippen LogP contribution in [0.3, 0.4) is 0 Å². The molecule has 3 heterocycles. The number of rotatable bonds is 2. The van der Waals surface area contributed by atoms with E-state index in [-0.39, 0.29) is 12.0 Å². The number of piperidine rings is 1. The summed E-state index contributed by atoms with van der Waals surface area (Å²) in [5, 5.41) is 12.5. The Bertz CT molecular complexity index is 580. The second-order valence-corrected chi connectivity index (χ2v) is 4.55. The molecule has 0 saturated carbocycles. The minimum atomic E-state index is -0.711. The van der Waals surface area contributed by atoms with Gasteiger partial charge in [0.05, 0.1) is 30.0 Å². The van der Waals surface area contributed by atoms with Crippen molar-refractivity contribution in [1.29, 1.82) is 0 Å². The average Bonchev–Trinajstić information content (AvgIpc) is 2.82. The summed E-state index contributed by atoms with van der Waals surface area (Å²) in [6.45, 7) is 0.722. The van der Waals surface area contributed by atoms with Gasteiger partial charge in [-0.25, -0.2) is 4.98 Å². The molecule has 6 heteroatoms. The number of nitrogens with one attached hydrogen (secondary N) is 1. The highest BCUT2D eigenvalue weighted by Gasteiger charge is 2.28. The van der Waals surface area contributed by atoms with Crippen LogP contribution in [0.15, 0.2) is 24.8 Å². The maximum atomic E-state index is 11.1. The lowest BCUT2D eigenvalue weighted by Crippen LogP contribution is -2.35. The van der Waals surface area contributed by atoms with Crippen LogP contribution in [0.5, 0.6) is 0 Å². The molecule has 0 aliphatic carbocycles. The molecule has 2 aromatic heterocycles. The van der Waals surface area contributed by atoms with Crippen molar-refractivity contribution in [2.45, 2.75) is 18.9 Å². The molecule has 0 aromatic carbocycles. The predicted molar refractivity (Wildman–Crippen MR) is 64.1 cm³/mol. The SMILES string of the molecule is O=C(O)C1CCNC(c2cnc3cnccn23)C1. The maximum Gasteiger partial charge on any atom is 0.306 e. The van der Waals surface area contributed by atoms with E-state index in [1.807, 2.05) is 10.6 Å². The zero-order chi connectivity index (χ0) is 12.5. The molecule has 94 valence electrons. The van der Waals surface area contributed by atoms with Crippen LogP contribution >= 0.6 is 0 Å². The molecule has 2 N–H and O–H groups in total. The molecule has 2 unspecified atom stereocenters. The summed E-state index contributed by atoms with van der Waals surface area (Å²) in [6.07, 6.45) is 8.33. The van der Waals surface area contributed by atoms with Gasteiger partial charge in [-0.3, -0.25) is 14.2 Å². The lowest BCUT2D eigenvalue weighted by atomic mass is 9.91. The van der Waals surface area contributed by atoms with Crippen LogP contribution in [-0.4, -0.2) is 32.0 Å². The smallest absolute Gasteiger partial charge is 0.306 e. The molecular formula is C12H14N4O2. The zero-order valence-electron chi connectivity index (χ0n) is 9.78. The molecule has 0 radical (unpaired) electrons. The Kier molecular flexibility index (Phi) is 2.71. The summed E-state index contributed by atoms with van der Waals surface area (Å²) in [4.78, 5) is 19.4. The van der Waals surface area contributed by atoms with Gasteiger partial charge in [0, 0.05) is 12.4 Å². The third-order valence-electron chi connectivity index (χ3n) is 3.46. The quantitative estimate of drug-likeness (QED) is 0.821. The lowest BCUT2D eigenvalue weighted by molar-refractivity contribution is -0.143. The summed E-state index contributed by atoms with van der Waals surface area (Å²) in [7, 11) is 0. The monoisotopic (exact) mass is 246 g/mol. The topological polar surface area (TPSA) is 79.5 Å². The van der Waals surface area contributed by atoms with Gasteiger partial charge in [0.1, 0.15) is 0 Å². The Morgan fingerprint density at radius 2 is 2.39 bits per heavy atom. The Labute approximate surface area is 104 Å². The van der Waals surface area contributed by atoms with Crippen molar-refractivity contribution < 1.29 is 9.90 Å². The molecule has 1 aliphatic heterocycles. The zero-order valence-corrected chi connectivity index (χ0v) is 9.78. The van der Waals surface area contributed by atoms with Crippen LogP contribution in [-0.2, 0) is 4.79 Å². The number of carboxylic acid groups (broad SMARTS) is 1. The number of hydrogen-bond acceptors (Lipinski definition) is 4. The molecule has 1 aliphatic rings. The molecule has 2 aromatic rings. The fourth-order valence-electron chi connectivity index (χ4n) is 2.49. The molecule has 18 heavy (non-hydrogen) atoms. The summed E-state index contributed by atoms with van der Waals surface area (Å²) in [5.41, 5.74) is 1.78. The van der Waals surface area contributed by atoms with E-state index >= 15 is 0 Å². The lowest BCUT2D eigenvalue weighted by Gasteiger charge is -2.27. The average molecular weight is 246 g/mol. The highest BCUT2D eigenvalue weighted by Crippen LogP contribution is 2.27. The van der Waals surface area contributed by atoms with Crippen molar-refractivity contribution in [2.75, 3.05) is 6.54 Å². The first kappa shape index (κ1) is 11.2.